The van der Waals surface area contributed by atoms with Crippen molar-refractivity contribution in [1.29, 1.82) is 0 Å². The summed E-state index contributed by atoms with van der Waals surface area (Å²) in [6.45, 7) is 3.28. The molecule has 1 aliphatic heterocycles. The van der Waals surface area contributed by atoms with Gasteiger partial charge in [-0.1, -0.05) is 18.7 Å². The van der Waals surface area contributed by atoms with Gasteiger partial charge in [-0.15, -0.1) is 0 Å². The molecule has 1 unspecified atom stereocenters. The summed E-state index contributed by atoms with van der Waals surface area (Å²) in [4.78, 5) is 34.3. The number of amides is 1. The predicted molar refractivity (Wildman–Crippen MR) is 110 cm³/mol. The molecule has 0 N–H and O–H groups in total. The van der Waals surface area contributed by atoms with Crippen LogP contribution in [0, 0.1) is 0 Å². The second-order valence-corrected chi connectivity index (χ2v) is 7.64. The number of halogens is 3. The summed E-state index contributed by atoms with van der Waals surface area (Å²) in [5.74, 6) is -5.31. The van der Waals surface area contributed by atoms with Crippen LogP contribution in [0.15, 0.2) is 60.1 Å². The maximum Gasteiger partial charge on any atom is 0.408 e. The van der Waals surface area contributed by atoms with Crippen LogP contribution >= 0.6 is 9.24 Å². The van der Waals surface area contributed by atoms with Gasteiger partial charge >= 0.3 is 5.85 Å². The van der Waals surface area contributed by atoms with Crippen molar-refractivity contribution >= 4 is 26.2 Å². The lowest BCUT2D eigenvalue weighted by Crippen LogP contribution is -2.52. The normalized spacial score (nSPS) is 14.4. The van der Waals surface area contributed by atoms with Crippen LogP contribution in [0.2, 0.25) is 0 Å². The predicted octanol–water partition coefficient (Wildman–Crippen LogP) is 3.13. The quantitative estimate of drug-likeness (QED) is 0.443. The first-order valence-corrected chi connectivity index (χ1v) is 9.67. The zero-order valence-electron chi connectivity index (χ0n) is 16.0. The first-order chi connectivity index (χ1) is 14.6. The number of likely N-dealkylation sites (tertiary alicyclic amines) is 1. The van der Waals surface area contributed by atoms with Gasteiger partial charge in [0.15, 0.2) is 11.3 Å². The van der Waals surface area contributed by atoms with Crippen molar-refractivity contribution in [2.24, 2.45) is 0 Å². The van der Waals surface area contributed by atoms with Gasteiger partial charge in [-0.25, -0.2) is 9.37 Å². The van der Waals surface area contributed by atoms with Crippen molar-refractivity contribution < 1.29 is 22.7 Å². The van der Waals surface area contributed by atoms with E-state index in [1.807, 2.05) is 0 Å². The van der Waals surface area contributed by atoms with E-state index in [9.17, 15) is 22.8 Å². The van der Waals surface area contributed by atoms with E-state index in [0.717, 1.165) is 0 Å². The molecule has 0 spiro atoms. The molecule has 1 aromatic carbocycles. The van der Waals surface area contributed by atoms with Crippen molar-refractivity contribution in [3.63, 3.8) is 0 Å². The number of fused-ring (bicyclic) bond motifs is 1. The highest BCUT2D eigenvalue weighted by molar-refractivity contribution is 7.17. The number of nitrogens with zero attached hydrogens (tertiary/aromatic N) is 4. The number of aromatic nitrogens is 3. The molecule has 0 aliphatic carbocycles. The van der Waals surface area contributed by atoms with Crippen LogP contribution in [-0.2, 0) is 4.79 Å². The molecule has 1 atom stereocenters. The van der Waals surface area contributed by atoms with Crippen LogP contribution in [0.25, 0.3) is 22.2 Å². The molecule has 7 nitrogen and oxygen atoms in total. The Labute approximate surface area is 176 Å². The molecule has 3 aromatic rings. The average Bonchev–Trinajstić information content (AvgIpc) is 2.68. The van der Waals surface area contributed by atoms with Gasteiger partial charge in [-0.3, -0.25) is 14.6 Å². The van der Waals surface area contributed by atoms with Crippen LogP contribution in [0.4, 0.5) is 13.2 Å². The molecular formula is C20H16F3N4O3P. The lowest BCUT2D eigenvalue weighted by Gasteiger charge is -2.39. The molecule has 3 heterocycles. The molecule has 0 radical (unpaired) electrons. The Balaban J connectivity index is 1.73. The van der Waals surface area contributed by atoms with E-state index in [-0.39, 0.29) is 30.4 Å². The van der Waals surface area contributed by atoms with Crippen LogP contribution in [0.5, 0.6) is 5.75 Å². The molecule has 0 bridgehead atoms. The maximum absolute atomic E-state index is 13.1. The highest BCUT2D eigenvalue weighted by atomic mass is 31.0. The van der Waals surface area contributed by atoms with Crippen LogP contribution in [0.3, 0.4) is 0 Å². The standard InChI is InChI=1S/C20H16F3N4O3P/c1-11(21)18(28)26-8-13(9-26)27-10-15(16-17(19(27)29)25-7-6-24-16)12-2-4-14(5-3-12)30-20(22,23)31/h2-7,10,13H,1,8-9,31H2. The smallest absolute Gasteiger partial charge is 0.408 e. The summed E-state index contributed by atoms with van der Waals surface area (Å²) in [7, 11) is 1.30. The van der Waals surface area contributed by atoms with Crippen molar-refractivity contribution in [2.45, 2.75) is 11.9 Å². The third-order valence-corrected chi connectivity index (χ3v) is 4.97. The number of pyridine rings is 1. The SMILES string of the molecule is C=C(F)C(=O)N1CC(n2cc(-c3ccc(OC(F)(F)P)cc3)c3nccnc3c2=O)C1. The van der Waals surface area contributed by atoms with Crippen molar-refractivity contribution in [2.75, 3.05) is 13.1 Å². The summed E-state index contributed by atoms with van der Waals surface area (Å²) in [6.07, 6.45) is 4.41. The highest BCUT2D eigenvalue weighted by Gasteiger charge is 2.34. The van der Waals surface area contributed by atoms with Gasteiger partial charge in [0.1, 0.15) is 11.3 Å². The minimum absolute atomic E-state index is 0.0351. The molecule has 160 valence electrons. The number of hydrogen-bond acceptors (Lipinski definition) is 5. The fourth-order valence-electron chi connectivity index (χ4n) is 3.38. The molecule has 1 amide bonds. The molecule has 1 fully saturated rings. The zero-order valence-corrected chi connectivity index (χ0v) is 17.1. The Hall–Kier alpha value is -3.26. The zero-order chi connectivity index (χ0) is 22.3. The number of carbonyl (C=O) groups is 1. The van der Waals surface area contributed by atoms with Crippen molar-refractivity contribution in [3.8, 4) is 16.9 Å². The number of alkyl halides is 2. The second-order valence-electron chi connectivity index (χ2n) is 6.97. The number of rotatable bonds is 5. The largest absolute Gasteiger partial charge is 0.430 e. The Morgan fingerprint density at radius 1 is 1.16 bits per heavy atom. The lowest BCUT2D eigenvalue weighted by atomic mass is 10.0. The number of benzene rings is 1. The molecule has 4 rings (SSSR count). The van der Waals surface area contributed by atoms with Gasteiger partial charge in [-0.2, -0.15) is 8.78 Å². The highest BCUT2D eigenvalue weighted by Crippen LogP contribution is 2.32. The molecular weight excluding hydrogens is 432 g/mol. The van der Waals surface area contributed by atoms with Crippen LogP contribution in [-0.4, -0.2) is 44.3 Å². The molecule has 1 saturated heterocycles. The first-order valence-electron chi connectivity index (χ1n) is 9.10. The van der Waals surface area contributed by atoms with Gasteiger partial charge in [0, 0.05) is 37.2 Å². The summed E-state index contributed by atoms with van der Waals surface area (Å²) in [5, 5.41) is 0. The fraction of sp³-hybridized carbons (Fsp3) is 0.200. The third-order valence-electron chi connectivity index (χ3n) is 4.85. The van der Waals surface area contributed by atoms with Crippen LogP contribution in [0.1, 0.15) is 6.04 Å². The maximum atomic E-state index is 13.1. The van der Waals surface area contributed by atoms with Crippen LogP contribution < -0.4 is 10.3 Å². The van der Waals surface area contributed by atoms with E-state index in [4.69, 9.17) is 0 Å². The second kappa shape index (κ2) is 7.77. The van der Waals surface area contributed by atoms with Gasteiger partial charge < -0.3 is 14.2 Å². The van der Waals surface area contributed by atoms with Crippen molar-refractivity contribution in [3.05, 3.63) is 65.6 Å². The molecule has 1 aliphatic rings. The monoisotopic (exact) mass is 448 g/mol. The Kier molecular flexibility index (Phi) is 5.26. The van der Waals surface area contributed by atoms with Gasteiger partial charge in [0.05, 0.1) is 6.04 Å². The van der Waals surface area contributed by atoms with E-state index in [0.29, 0.717) is 16.6 Å². The Morgan fingerprint density at radius 3 is 2.35 bits per heavy atom. The van der Waals surface area contributed by atoms with E-state index < -0.39 is 23.1 Å². The Morgan fingerprint density at radius 2 is 1.77 bits per heavy atom. The van der Waals surface area contributed by atoms with E-state index >= 15 is 0 Å². The number of hydrogen-bond donors (Lipinski definition) is 0. The summed E-state index contributed by atoms with van der Waals surface area (Å²) in [6, 6.07) is 5.50. The minimum Gasteiger partial charge on any atom is -0.430 e. The van der Waals surface area contributed by atoms with Gasteiger partial charge in [-0.05, 0) is 26.9 Å². The summed E-state index contributed by atoms with van der Waals surface area (Å²) < 4.78 is 45.1. The fourth-order valence-corrected chi connectivity index (χ4v) is 3.52. The molecule has 2 aromatic heterocycles. The Bertz CT molecular complexity index is 1240. The summed E-state index contributed by atoms with van der Waals surface area (Å²) in [5.41, 5.74) is 1.22. The minimum atomic E-state index is -3.40. The molecule has 31 heavy (non-hydrogen) atoms. The van der Waals surface area contributed by atoms with Gasteiger partial charge in [0.25, 0.3) is 11.5 Å². The lowest BCUT2D eigenvalue weighted by molar-refractivity contribution is -0.134. The topological polar surface area (TPSA) is 77.3 Å². The van der Waals surface area contributed by atoms with E-state index in [1.54, 1.807) is 18.3 Å². The summed E-state index contributed by atoms with van der Waals surface area (Å²) >= 11 is 0. The molecule has 11 heteroatoms. The number of carbonyl (C=O) groups excluding carboxylic acids is 1. The number of ether oxygens (including phenoxy) is 1. The average molecular weight is 448 g/mol. The molecule has 0 saturated carbocycles. The van der Waals surface area contributed by atoms with Crippen molar-refractivity contribution in [1.82, 2.24) is 19.4 Å². The van der Waals surface area contributed by atoms with E-state index in [2.05, 4.69) is 21.3 Å². The van der Waals surface area contributed by atoms with E-state index in [1.165, 1.54) is 43.2 Å². The van der Waals surface area contributed by atoms with Gasteiger partial charge in [0.2, 0.25) is 0 Å². The first kappa shape index (κ1) is 21.0. The third kappa shape index (κ3) is 4.16.